The first-order valence-electron chi connectivity index (χ1n) is 8.33. The fourth-order valence-corrected chi connectivity index (χ4v) is 2.84. The molecule has 0 saturated heterocycles. The highest BCUT2D eigenvalue weighted by atomic mass is 14.9. The van der Waals surface area contributed by atoms with Gasteiger partial charge in [0, 0.05) is 35.9 Å². The molecule has 124 valence electrons. The normalized spacial score (nSPS) is 11.7. The summed E-state index contributed by atoms with van der Waals surface area (Å²) >= 11 is 0. The topological polar surface area (TPSA) is 51.6 Å². The molecule has 4 nitrogen and oxygen atoms in total. The molecule has 0 bridgehead atoms. The van der Waals surface area contributed by atoms with E-state index in [0.717, 1.165) is 22.3 Å². The van der Waals surface area contributed by atoms with E-state index in [-0.39, 0.29) is 0 Å². The Morgan fingerprint density at radius 2 is 0.769 bits per heavy atom. The molecule has 0 fully saturated rings. The van der Waals surface area contributed by atoms with Crippen LogP contribution in [0.5, 0.6) is 0 Å². The van der Waals surface area contributed by atoms with Crippen LogP contribution in [-0.2, 0) is 0 Å². The molecule has 2 aromatic heterocycles. The van der Waals surface area contributed by atoms with Crippen molar-refractivity contribution in [1.82, 2.24) is 19.9 Å². The SMILES string of the molecule is c1ccc(C(=C(c2ccccc2)c2ncccn2)c2ncccn2)cc1. The van der Waals surface area contributed by atoms with Crippen LogP contribution in [0.15, 0.2) is 97.6 Å². The maximum absolute atomic E-state index is 4.50. The fraction of sp³-hybridized carbons (Fsp3) is 0. The summed E-state index contributed by atoms with van der Waals surface area (Å²) < 4.78 is 0. The van der Waals surface area contributed by atoms with Crippen molar-refractivity contribution >= 4 is 11.1 Å². The first-order valence-corrected chi connectivity index (χ1v) is 8.33. The molecule has 4 aromatic rings. The summed E-state index contributed by atoms with van der Waals surface area (Å²) in [4.78, 5) is 18.0. The van der Waals surface area contributed by atoms with Crippen LogP contribution in [0.4, 0.5) is 0 Å². The Labute approximate surface area is 152 Å². The van der Waals surface area contributed by atoms with Gasteiger partial charge in [-0.3, -0.25) is 0 Å². The van der Waals surface area contributed by atoms with E-state index in [2.05, 4.69) is 44.2 Å². The van der Waals surface area contributed by atoms with Gasteiger partial charge < -0.3 is 0 Å². The number of benzene rings is 2. The van der Waals surface area contributed by atoms with Crippen molar-refractivity contribution < 1.29 is 0 Å². The maximum Gasteiger partial charge on any atom is 0.160 e. The van der Waals surface area contributed by atoms with E-state index in [1.807, 2.05) is 48.5 Å². The molecule has 0 saturated carbocycles. The molecule has 0 aliphatic carbocycles. The van der Waals surface area contributed by atoms with E-state index in [1.165, 1.54) is 0 Å². The molecular formula is C22H16N4. The van der Waals surface area contributed by atoms with Gasteiger partial charge in [0.05, 0.1) is 0 Å². The van der Waals surface area contributed by atoms with E-state index in [1.54, 1.807) is 24.8 Å². The summed E-state index contributed by atoms with van der Waals surface area (Å²) in [7, 11) is 0. The van der Waals surface area contributed by atoms with Gasteiger partial charge in [-0.2, -0.15) is 0 Å². The summed E-state index contributed by atoms with van der Waals surface area (Å²) in [5, 5.41) is 0. The third kappa shape index (κ3) is 3.26. The van der Waals surface area contributed by atoms with Crippen LogP contribution in [0, 0.1) is 0 Å². The lowest BCUT2D eigenvalue weighted by Gasteiger charge is -2.14. The molecular weight excluding hydrogens is 320 g/mol. The minimum absolute atomic E-state index is 0.644. The molecule has 2 aromatic carbocycles. The van der Waals surface area contributed by atoms with Gasteiger partial charge in [0.2, 0.25) is 0 Å². The molecule has 0 aliphatic rings. The standard InChI is InChI=1S/C22H16N4/c1-3-9-17(10-4-1)19(21-23-13-7-14-24-21)20(18-11-5-2-6-12-18)22-25-15-8-16-26-22/h1-16H. The highest BCUT2D eigenvalue weighted by molar-refractivity contribution is 6.01. The van der Waals surface area contributed by atoms with E-state index in [0.29, 0.717) is 11.6 Å². The zero-order chi connectivity index (χ0) is 17.6. The molecule has 0 radical (unpaired) electrons. The van der Waals surface area contributed by atoms with Gasteiger partial charge in [-0.15, -0.1) is 0 Å². The molecule has 4 rings (SSSR count). The van der Waals surface area contributed by atoms with Gasteiger partial charge in [-0.05, 0) is 23.3 Å². The maximum atomic E-state index is 4.50. The van der Waals surface area contributed by atoms with E-state index >= 15 is 0 Å². The third-order valence-electron chi connectivity index (χ3n) is 3.95. The fourth-order valence-electron chi connectivity index (χ4n) is 2.84. The Balaban J connectivity index is 2.09. The molecule has 0 aliphatic heterocycles. The Kier molecular flexibility index (Phi) is 4.56. The van der Waals surface area contributed by atoms with Gasteiger partial charge in [0.15, 0.2) is 11.6 Å². The molecule has 0 spiro atoms. The van der Waals surface area contributed by atoms with Gasteiger partial charge in [-0.1, -0.05) is 60.7 Å². The second-order valence-electron chi connectivity index (χ2n) is 5.63. The molecule has 2 heterocycles. The molecule has 26 heavy (non-hydrogen) atoms. The van der Waals surface area contributed by atoms with Crippen LogP contribution in [-0.4, -0.2) is 19.9 Å². The molecule has 4 heteroatoms. The zero-order valence-electron chi connectivity index (χ0n) is 14.0. The summed E-state index contributed by atoms with van der Waals surface area (Å²) in [6.07, 6.45) is 7.00. The summed E-state index contributed by atoms with van der Waals surface area (Å²) in [5.41, 5.74) is 3.85. The van der Waals surface area contributed by atoms with Gasteiger partial charge >= 0.3 is 0 Å². The van der Waals surface area contributed by atoms with Crippen molar-refractivity contribution in [2.75, 3.05) is 0 Å². The second kappa shape index (κ2) is 7.49. The average Bonchev–Trinajstić information content (AvgIpc) is 2.74. The highest BCUT2D eigenvalue weighted by Crippen LogP contribution is 2.33. The lowest BCUT2D eigenvalue weighted by molar-refractivity contribution is 1.10. The van der Waals surface area contributed by atoms with Crippen LogP contribution < -0.4 is 0 Å². The Morgan fingerprint density at radius 1 is 0.423 bits per heavy atom. The predicted octanol–water partition coefficient (Wildman–Crippen LogP) is 4.27. The minimum atomic E-state index is 0.644. The molecule has 0 amide bonds. The van der Waals surface area contributed by atoms with E-state index in [4.69, 9.17) is 0 Å². The third-order valence-corrected chi connectivity index (χ3v) is 3.95. The largest absolute Gasteiger partial charge is 0.237 e. The summed E-state index contributed by atoms with van der Waals surface area (Å²) in [6.45, 7) is 0. The van der Waals surface area contributed by atoms with Crippen molar-refractivity contribution in [3.8, 4) is 0 Å². The van der Waals surface area contributed by atoms with Crippen molar-refractivity contribution in [3.05, 3.63) is 120 Å². The van der Waals surface area contributed by atoms with Crippen LogP contribution in [0.25, 0.3) is 11.1 Å². The quantitative estimate of drug-likeness (QED) is 0.522. The first-order chi connectivity index (χ1) is 12.9. The Morgan fingerprint density at radius 3 is 1.12 bits per heavy atom. The van der Waals surface area contributed by atoms with Crippen molar-refractivity contribution in [1.29, 1.82) is 0 Å². The lowest BCUT2D eigenvalue weighted by atomic mass is 9.93. The van der Waals surface area contributed by atoms with Crippen LogP contribution in [0.2, 0.25) is 0 Å². The van der Waals surface area contributed by atoms with E-state index in [9.17, 15) is 0 Å². The Bertz CT molecular complexity index is 831. The summed E-state index contributed by atoms with van der Waals surface area (Å²) in [5.74, 6) is 1.29. The first kappa shape index (κ1) is 15.8. The van der Waals surface area contributed by atoms with Crippen LogP contribution in [0.1, 0.15) is 22.8 Å². The van der Waals surface area contributed by atoms with Gasteiger partial charge in [0.25, 0.3) is 0 Å². The second-order valence-corrected chi connectivity index (χ2v) is 5.63. The Hall–Kier alpha value is -3.66. The monoisotopic (exact) mass is 336 g/mol. The van der Waals surface area contributed by atoms with Crippen molar-refractivity contribution in [3.63, 3.8) is 0 Å². The highest BCUT2D eigenvalue weighted by Gasteiger charge is 2.19. The van der Waals surface area contributed by atoms with Gasteiger partial charge in [-0.25, -0.2) is 19.9 Å². The van der Waals surface area contributed by atoms with Crippen molar-refractivity contribution in [2.45, 2.75) is 0 Å². The van der Waals surface area contributed by atoms with Gasteiger partial charge in [0.1, 0.15) is 0 Å². The van der Waals surface area contributed by atoms with Crippen LogP contribution in [0.3, 0.4) is 0 Å². The predicted molar refractivity (Wildman–Crippen MR) is 102 cm³/mol. The van der Waals surface area contributed by atoms with Crippen molar-refractivity contribution in [2.24, 2.45) is 0 Å². The number of aromatic nitrogens is 4. The lowest BCUT2D eigenvalue weighted by Crippen LogP contribution is -2.03. The number of hydrogen-bond donors (Lipinski definition) is 0. The average molecular weight is 336 g/mol. The van der Waals surface area contributed by atoms with E-state index < -0.39 is 0 Å². The van der Waals surface area contributed by atoms with Crippen LogP contribution >= 0.6 is 0 Å². The smallest absolute Gasteiger partial charge is 0.160 e. The molecule has 0 unspecified atom stereocenters. The number of rotatable bonds is 4. The molecule has 0 N–H and O–H groups in total. The number of nitrogens with zero attached hydrogens (tertiary/aromatic N) is 4. The molecule has 0 atom stereocenters. The number of hydrogen-bond acceptors (Lipinski definition) is 4. The minimum Gasteiger partial charge on any atom is -0.237 e. The summed E-state index contributed by atoms with van der Waals surface area (Å²) in [6, 6.07) is 23.9. The zero-order valence-corrected chi connectivity index (χ0v) is 14.0.